The maximum atomic E-state index is 13.4. The minimum Gasteiger partial charge on any atom is -0.286 e. The fourth-order valence-electron chi connectivity index (χ4n) is 5.82. The van der Waals surface area contributed by atoms with E-state index in [9.17, 15) is 27.6 Å². The highest BCUT2D eigenvalue weighted by Crippen LogP contribution is 2.65. The van der Waals surface area contributed by atoms with Gasteiger partial charge in [-0.25, -0.2) is 0 Å². The average Bonchev–Trinajstić information content (AvgIpc) is 3.44. The quantitative estimate of drug-likeness (QED) is 0.560. The van der Waals surface area contributed by atoms with Crippen molar-refractivity contribution in [3.05, 3.63) is 41.5 Å². The molecule has 0 radical (unpaired) electrons. The highest BCUT2D eigenvalue weighted by Gasteiger charge is 2.67. The molecule has 30 heavy (non-hydrogen) atoms. The number of imide groups is 1. The van der Waals surface area contributed by atoms with Gasteiger partial charge in [0.2, 0.25) is 11.8 Å². The highest BCUT2D eigenvalue weighted by molar-refractivity contribution is 6.07. The lowest BCUT2D eigenvalue weighted by atomic mass is 9.63. The minimum atomic E-state index is -5.13. The largest absolute Gasteiger partial charge is 0.471 e. The van der Waals surface area contributed by atoms with Crippen LogP contribution < -0.4 is 4.90 Å². The molecule has 3 amide bonds. The van der Waals surface area contributed by atoms with Gasteiger partial charge >= 0.3 is 12.1 Å². The van der Waals surface area contributed by atoms with E-state index in [4.69, 9.17) is 0 Å². The Bertz CT molecular complexity index is 946. The van der Waals surface area contributed by atoms with Crippen molar-refractivity contribution < 1.29 is 27.6 Å². The second kappa shape index (κ2) is 6.18. The van der Waals surface area contributed by atoms with Gasteiger partial charge < -0.3 is 0 Å². The van der Waals surface area contributed by atoms with Gasteiger partial charge in [-0.3, -0.25) is 24.2 Å². The zero-order chi connectivity index (χ0) is 21.5. The van der Waals surface area contributed by atoms with E-state index >= 15 is 0 Å². The smallest absolute Gasteiger partial charge is 0.286 e. The lowest BCUT2D eigenvalue weighted by molar-refractivity contribution is -0.171. The molecule has 1 saturated heterocycles. The van der Waals surface area contributed by atoms with E-state index in [0.717, 1.165) is 11.3 Å². The minimum absolute atomic E-state index is 0.0224. The summed E-state index contributed by atoms with van der Waals surface area (Å²) in [5, 5.41) is 0. The van der Waals surface area contributed by atoms with Gasteiger partial charge in [0.25, 0.3) is 0 Å². The number of rotatable bonds is 3. The molecule has 158 valence electrons. The van der Waals surface area contributed by atoms with Crippen LogP contribution in [0.1, 0.15) is 17.5 Å². The molecule has 1 aromatic carbocycles. The first-order valence-electron chi connectivity index (χ1n) is 10.1. The van der Waals surface area contributed by atoms with Crippen LogP contribution in [0.5, 0.6) is 0 Å². The lowest BCUT2D eigenvalue weighted by Crippen LogP contribution is -2.49. The molecule has 0 unspecified atom stereocenters. The van der Waals surface area contributed by atoms with Gasteiger partial charge in [0.1, 0.15) is 6.67 Å². The summed E-state index contributed by atoms with van der Waals surface area (Å²) >= 11 is 0. The third kappa shape index (κ3) is 2.72. The predicted molar refractivity (Wildman–Crippen MR) is 101 cm³/mol. The highest BCUT2D eigenvalue weighted by atomic mass is 19.4. The van der Waals surface area contributed by atoms with E-state index in [1.165, 1.54) is 12.1 Å². The molecule has 5 aliphatic rings. The first kappa shape index (κ1) is 19.3. The van der Waals surface area contributed by atoms with Crippen LogP contribution in [0.15, 0.2) is 30.4 Å². The Balaban J connectivity index is 1.49. The van der Waals surface area contributed by atoms with E-state index in [2.05, 4.69) is 0 Å². The van der Waals surface area contributed by atoms with Crippen LogP contribution in [0.2, 0.25) is 0 Å². The van der Waals surface area contributed by atoms with Gasteiger partial charge in [0.15, 0.2) is 0 Å². The molecule has 0 aromatic heterocycles. The Labute approximate surface area is 171 Å². The number of benzene rings is 1. The number of halogens is 3. The lowest BCUT2D eigenvalue weighted by Gasteiger charge is -2.37. The molecule has 8 heteroatoms. The normalized spacial score (nSPS) is 33.6. The van der Waals surface area contributed by atoms with Crippen molar-refractivity contribution in [1.82, 2.24) is 4.90 Å². The summed E-state index contributed by atoms with van der Waals surface area (Å²) in [7, 11) is 0. The van der Waals surface area contributed by atoms with Crippen LogP contribution in [-0.4, -0.2) is 35.5 Å². The number of hydrogen-bond acceptors (Lipinski definition) is 3. The van der Waals surface area contributed by atoms with Gasteiger partial charge in [-0.2, -0.15) is 13.2 Å². The van der Waals surface area contributed by atoms with Gasteiger partial charge in [-0.1, -0.05) is 18.2 Å². The van der Waals surface area contributed by atoms with E-state index < -0.39 is 42.4 Å². The summed E-state index contributed by atoms with van der Waals surface area (Å²) < 4.78 is 40.1. The van der Waals surface area contributed by atoms with Crippen molar-refractivity contribution in [3.63, 3.8) is 0 Å². The fraction of sp³-hybridized carbons (Fsp3) is 0.500. The van der Waals surface area contributed by atoms with Gasteiger partial charge in [-0.05, 0) is 67.2 Å². The van der Waals surface area contributed by atoms with Gasteiger partial charge in [0, 0.05) is 5.69 Å². The van der Waals surface area contributed by atoms with Crippen LogP contribution in [-0.2, 0) is 14.4 Å². The Morgan fingerprint density at radius 2 is 1.50 bits per heavy atom. The number of nitrogens with zero attached hydrogens (tertiary/aromatic N) is 2. The number of anilines is 1. The number of allylic oxidation sites excluding steroid dienone is 2. The van der Waals surface area contributed by atoms with Gasteiger partial charge in [0.05, 0.1) is 11.8 Å². The van der Waals surface area contributed by atoms with Crippen molar-refractivity contribution in [3.8, 4) is 0 Å². The summed E-state index contributed by atoms with van der Waals surface area (Å²) in [6.07, 6.45) is -0.135. The molecule has 6 rings (SSSR count). The number of carbonyl (C=O) groups is 3. The Kier molecular flexibility index (Phi) is 3.98. The van der Waals surface area contributed by atoms with E-state index in [1.54, 1.807) is 19.9 Å². The molecule has 2 saturated carbocycles. The second-order valence-corrected chi connectivity index (χ2v) is 8.98. The zero-order valence-electron chi connectivity index (χ0n) is 16.5. The number of carbonyl (C=O) groups excluding carboxylic acids is 3. The summed E-state index contributed by atoms with van der Waals surface area (Å²) in [4.78, 5) is 39.9. The van der Waals surface area contributed by atoms with Crippen molar-refractivity contribution in [1.29, 1.82) is 0 Å². The Morgan fingerprint density at radius 3 is 1.97 bits per heavy atom. The van der Waals surface area contributed by atoms with Crippen LogP contribution in [0, 0.1) is 49.4 Å². The number of likely N-dealkylation sites (tertiary alicyclic amines) is 1. The molecular formula is C22H21F3N2O3. The van der Waals surface area contributed by atoms with Crippen LogP contribution in [0.25, 0.3) is 0 Å². The summed E-state index contributed by atoms with van der Waals surface area (Å²) in [5.41, 5.74) is 1.38. The summed E-state index contributed by atoms with van der Waals surface area (Å²) in [5.74, 6) is -3.31. The third-order valence-electron chi connectivity index (χ3n) is 7.04. The maximum absolute atomic E-state index is 13.4. The first-order chi connectivity index (χ1) is 14.1. The second-order valence-electron chi connectivity index (χ2n) is 8.98. The standard InChI is InChI=1S/C22H21F3N2O3/c1-10-5-11(2)7-12(6-10)26(21(30)22(23,24)25)9-27-19(28)17-13-3-4-14(16-8-15(13)16)18(17)20(27)29/h3-7,13-18H,8-9H2,1-2H3/t13-,14+,15-,16-,17+,18+/m1/s1. The number of aryl methyl sites for hydroxylation is 2. The first-order valence-corrected chi connectivity index (χ1v) is 10.1. The van der Waals surface area contributed by atoms with Crippen molar-refractivity contribution in [2.45, 2.75) is 26.4 Å². The average molecular weight is 418 g/mol. The Hall–Kier alpha value is -2.64. The maximum Gasteiger partial charge on any atom is 0.471 e. The molecular weight excluding hydrogens is 397 g/mol. The predicted octanol–water partition coefficient (Wildman–Crippen LogP) is 3.21. The summed E-state index contributed by atoms with van der Waals surface area (Å²) in [6.45, 7) is 2.70. The molecule has 2 bridgehead atoms. The molecule has 4 aliphatic carbocycles. The SMILES string of the molecule is Cc1cc(C)cc(N(CN2C(=O)[C@H]3[C@@H]4C=C[C@@H]([C@H]5C[C@H]45)[C@@H]3C2=O)C(=O)C(F)(F)F)c1. The fourth-order valence-corrected chi connectivity index (χ4v) is 5.82. The molecule has 1 aromatic rings. The topological polar surface area (TPSA) is 57.7 Å². The van der Waals surface area contributed by atoms with Crippen LogP contribution in [0.4, 0.5) is 18.9 Å². The Morgan fingerprint density at radius 1 is 1.00 bits per heavy atom. The molecule has 0 N–H and O–H groups in total. The van der Waals surface area contributed by atoms with Crippen LogP contribution >= 0.6 is 0 Å². The van der Waals surface area contributed by atoms with Crippen molar-refractivity contribution in [2.24, 2.45) is 35.5 Å². The van der Waals surface area contributed by atoms with E-state index in [1.807, 2.05) is 12.2 Å². The molecule has 5 nitrogen and oxygen atoms in total. The van der Waals surface area contributed by atoms with Crippen molar-refractivity contribution >= 4 is 23.4 Å². The molecule has 1 heterocycles. The zero-order valence-corrected chi connectivity index (χ0v) is 16.5. The number of amides is 3. The third-order valence-corrected chi connectivity index (χ3v) is 7.04. The van der Waals surface area contributed by atoms with E-state index in [-0.39, 0.29) is 17.5 Å². The molecule has 6 atom stereocenters. The molecule has 3 fully saturated rings. The van der Waals surface area contributed by atoms with Gasteiger partial charge in [-0.15, -0.1) is 0 Å². The summed E-state index contributed by atoms with van der Waals surface area (Å²) in [6, 6.07) is 4.68. The number of alkyl halides is 3. The number of hydrogen-bond donors (Lipinski definition) is 0. The van der Waals surface area contributed by atoms with Crippen LogP contribution in [0.3, 0.4) is 0 Å². The monoisotopic (exact) mass is 418 g/mol. The molecule has 1 aliphatic heterocycles. The van der Waals surface area contributed by atoms with E-state index in [0.29, 0.717) is 27.9 Å². The molecule has 0 spiro atoms. The van der Waals surface area contributed by atoms with Crippen molar-refractivity contribution in [2.75, 3.05) is 11.6 Å².